The quantitative estimate of drug-likeness (QED) is 0.618. The first-order valence-electron chi connectivity index (χ1n) is 12.8. The van der Waals surface area contributed by atoms with E-state index in [0.717, 1.165) is 64.0 Å². The van der Waals surface area contributed by atoms with Gasteiger partial charge in [0.15, 0.2) is 5.78 Å². The fraction of sp³-hybridized carbons (Fsp3) is 0.654. The van der Waals surface area contributed by atoms with Crippen molar-refractivity contribution in [2.75, 3.05) is 51.3 Å². The van der Waals surface area contributed by atoms with Gasteiger partial charge in [-0.1, -0.05) is 19.3 Å². The summed E-state index contributed by atoms with van der Waals surface area (Å²) in [5.41, 5.74) is 7.91. The van der Waals surface area contributed by atoms with Crippen LogP contribution in [0, 0.1) is 5.92 Å². The number of carbonyl (C=O) groups is 3. The normalized spacial score (nSPS) is 28.9. The number of nitrogens with zero attached hydrogens (tertiary/aromatic N) is 3. The van der Waals surface area contributed by atoms with E-state index in [4.69, 9.17) is 22.1 Å². The highest BCUT2D eigenvalue weighted by Crippen LogP contribution is 2.42. The second kappa shape index (κ2) is 10.1. The molecule has 35 heavy (non-hydrogen) atoms. The molecule has 1 aromatic carbocycles. The van der Waals surface area contributed by atoms with Crippen LogP contribution in [0.5, 0.6) is 0 Å². The first-order valence-corrected chi connectivity index (χ1v) is 13.2. The number of alkyl halides is 1. The highest BCUT2D eigenvalue weighted by Gasteiger charge is 2.53. The van der Waals surface area contributed by atoms with Gasteiger partial charge in [-0.15, -0.1) is 11.6 Å². The van der Waals surface area contributed by atoms with E-state index < -0.39 is 29.3 Å². The number of carbonyl (C=O) groups excluding carboxylic acids is 3. The van der Waals surface area contributed by atoms with Crippen molar-refractivity contribution in [2.45, 2.75) is 55.5 Å². The number of halogens is 1. The van der Waals surface area contributed by atoms with Crippen molar-refractivity contribution in [1.82, 2.24) is 9.80 Å². The molecule has 4 fully saturated rings. The number of nitrogens with two attached hydrogens (primary N) is 1. The fourth-order valence-electron chi connectivity index (χ4n) is 6.35. The standard InChI is InChI=1S/C26H35ClN4O4/c1-29-9-11-30(12-10-29)17-7-8-18(25(28)33)19(13-17)22(16-5-3-2-4-6-16)26(34)31-14-20(27)24-23(31)21(32)15-35-24/h7-8,13,16,20,22-24H,2-6,9-12,14-15H2,1H3,(H2,28,33)/t20-,22-,23+,24+/m0/s1. The zero-order chi connectivity index (χ0) is 24.7. The van der Waals surface area contributed by atoms with E-state index in [1.807, 2.05) is 12.1 Å². The molecule has 3 heterocycles. The van der Waals surface area contributed by atoms with Crippen molar-refractivity contribution in [2.24, 2.45) is 11.7 Å². The van der Waals surface area contributed by atoms with Crippen molar-refractivity contribution in [1.29, 1.82) is 0 Å². The molecule has 2 N–H and O–H groups in total. The van der Waals surface area contributed by atoms with Crippen LogP contribution in [0.3, 0.4) is 0 Å². The van der Waals surface area contributed by atoms with Crippen LogP contribution in [0.15, 0.2) is 18.2 Å². The van der Waals surface area contributed by atoms with Gasteiger partial charge in [0.25, 0.3) is 0 Å². The molecule has 3 aliphatic heterocycles. The minimum atomic E-state index is -0.645. The number of likely N-dealkylation sites (N-methyl/N-ethyl adjacent to an activating group) is 1. The molecule has 3 saturated heterocycles. The summed E-state index contributed by atoms with van der Waals surface area (Å²) in [6.07, 6.45) is 4.59. The Morgan fingerprint density at radius 1 is 1.11 bits per heavy atom. The molecule has 0 aromatic heterocycles. The zero-order valence-corrected chi connectivity index (χ0v) is 21.1. The number of benzene rings is 1. The molecule has 1 aromatic rings. The highest BCUT2D eigenvalue weighted by molar-refractivity contribution is 6.22. The maximum absolute atomic E-state index is 14.3. The molecule has 9 heteroatoms. The molecule has 1 aliphatic carbocycles. The lowest BCUT2D eigenvalue weighted by Gasteiger charge is -2.37. The Bertz CT molecular complexity index is 990. The molecule has 8 nitrogen and oxygen atoms in total. The van der Waals surface area contributed by atoms with E-state index in [1.54, 1.807) is 11.0 Å². The third-order valence-corrected chi connectivity index (χ3v) is 8.68. The van der Waals surface area contributed by atoms with Crippen molar-refractivity contribution < 1.29 is 19.1 Å². The Labute approximate surface area is 211 Å². The smallest absolute Gasteiger partial charge is 0.249 e. The van der Waals surface area contributed by atoms with Crippen molar-refractivity contribution in [3.05, 3.63) is 29.3 Å². The number of fused-ring (bicyclic) bond motifs is 1. The van der Waals surface area contributed by atoms with Crippen LogP contribution in [0.4, 0.5) is 5.69 Å². The third kappa shape index (κ3) is 4.68. The minimum Gasteiger partial charge on any atom is -0.369 e. The van der Waals surface area contributed by atoms with Gasteiger partial charge >= 0.3 is 0 Å². The number of Topliss-reactive ketones (excluding diaryl/α,β-unsaturated/α-hetero) is 1. The lowest BCUT2D eigenvalue weighted by Crippen LogP contribution is -2.46. The van der Waals surface area contributed by atoms with Gasteiger partial charge in [-0.2, -0.15) is 0 Å². The van der Waals surface area contributed by atoms with Gasteiger partial charge in [0.1, 0.15) is 18.8 Å². The second-order valence-corrected chi connectivity index (χ2v) is 11.1. The molecular formula is C26H35ClN4O4. The van der Waals surface area contributed by atoms with Crippen LogP contribution in [0.25, 0.3) is 0 Å². The van der Waals surface area contributed by atoms with Gasteiger partial charge in [0.2, 0.25) is 11.8 Å². The lowest BCUT2D eigenvalue weighted by atomic mass is 9.74. The summed E-state index contributed by atoms with van der Waals surface area (Å²) in [5.74, 6) is -1.22. The number of hydrogen-bond acceptors (Lipinski definition) is 6. The van der Waals surface area contributed by atoms with Gasteiger partial charge in [-0.05, 0) is 49.6 Å². The van der Waals surface area contributed by atoms with Gasteiger partial charge in [0.05, 0.1) is 11.3 Å². The second-order valence-electron chi connectivity index (χ2n) is 10.5. The molecule has 1 saturated carbocycles. The molecular weight excluding hydrogens is 468 g/mol. The van der Waals surface area contributed by atoms with Gasteiger partial charge < -0.3 is 25.2 Å². The Balaban J connectivity index is 1.54. The topological polar surface area (TPSA) is 96.2 Å². The van der Waals surface area contributed by atoms with E-state index >= 15 is 0 Å². The summed E-state index contributed by atoms with van der Waals surface area (Å²) >= 11 is 6.52. The molecule has 2 amide bonds. The minimum absolute atomic E-state index is 0.0120. The van der Waals surface area contributed by atoms with Crippen LogP contribution >= 0.6 is 11.6 Å². The summed E-state index contributed by atoms with van der Waals surface area (Å²) < 4.78 is 5.62. The van der Waals surface area contributed by atoms with Gasteiger partial charge in [-0.3, -0.25) is 14.4 Å². The number of rotatable bonds is 5. The first-order chi connectivity index (χ1) is 16.8. The van der Waals surface area contributed by atoms with Gasteiger partial charge in [0, 0.05) is 44.0 Å². The van der Waals surface area contributed by atoms with Gasteiger partial charge in [-0.25, -0.2) is 0 Å². The number of ketones is 1. The fourth-order valence-corrected chi connectivity index (χ4v) is 6.71. The molecule has 0 spiro atoms. The Kier molecular flexibility index (Phi) is 7.06. The predicted molar refractivity (Wildman–Crippen MR) is 134 cm³/mol. The molecule has 0 bridgehead atoms. The average Bonchev–Trinajstić information content (AvgIpc) is 3.40. The van der Waals surface area contributed by atoms with Crippen molar-refractivity contribution in [3.8, 4) is 0 Å². The Morgan fingerprint density at radius 2 is 1.83 bits per heavy atom. The van der Waals surface area contributed by atoms with Crippen LogP contribution < -0.4 is 10.6 Å². The molecule has 0 unspecified atom stereocenters. The summed E-state index contributed by atoms with van der Waals surface area (Å²) in [6, 6.07) is 5.07. The molecule has 0 radical (unpaired) electrons. The Morgan fingerprint density at radius 3 is 2.51 bits per heavy atom. The number of ether oxygens (including phenoxy) is 1. The van der Waals surface area contributed by atoms with Crippen molar-refractivity contribution >= 4 is 34.9 Å². The Hall–Kier alpha value is -2.16. The van der Waals surface area contributed by atoms with E-state index in [2.05, 4.69) is 16.8 Å². The van der Waals surface area contributed by atoms with E-state index in [0.29, 0.717) is 11.1 Å². The summed E-state index contributed by atoms with van der Waals surface area (Å²) in [6.45, 7) is 3.92. The van der Waals surface area contributed by atoms with Crippen LogP contribution in [0.2, 0.25) is 0 Å². The highest BCUT2D eigenvalue weighted by atomic mass is 35.5. The predicted octanol–water partition coefficient (Wildman–Crippen LogP) is 1.99. The number of amides is 2. The molecule has 4 aliphatic rings. The number of hydrogen-bond donors (Lipinski definition) is 1. The number of anilines is 1. The van der Waals surface area contributed by atoms with Crippen LogP contribution in [-0.4, -0.2) is 91.3 Å². The number of primary amides is 1. The maximum Gasteiger partial charge on any atom is 0.249 e. The molecule has 190 valence electrons. The zero-order valence-electron chi connectivity index (χ0n) is 20.3. The monoisotopic (exact) mass is 502 g/mol. The molecule has 5 rings (SSSR count). The molecule has 4 atom stereocenters. The maximum atomic E-state index is 14.3. The average molecular weight is 503 g/mol. The van der Waals surface area contributed by atoms with E-state index in [-0.39, 0.29) is 30.8 Å². The summed E-state index contributed by atoms with van der Waals surface area (Å²) in [5, 5.41) is -0.422. The summed E-state index contributed by atoms with van der Waals surface area (Å²) in [7, 11) is 2.11. The summed E-state index contributed by atoms with van der Waals surface area (Å²) in [4.78, 5) is 45.7. The lowest BCUT2D eigenvalue weighted by molar-refractivity contribution is -0.139. The van der Waals surface area contributed by atoms with E-state index in [9.17, 15) is 14.4 Å². The van der Waals surface area contributed by atoms with Crippen LogP contribution in [-0.2, 0) is 14.3 Å². The largest absolute Gasteiger partial charge is 0.369 e. The van der Waals surface area contributed by atoms with Crippen molar-refractivity contribution in [3.63, 3.8) is 0 Å². The SMILES string of the molecule is CN1CCN(c2ccc(C(N)=O)c([C@@H](C(=O)N3C[C@H](Cl)[C@H]4OCC(=O)[C@H]43)C3CCCCC3)c2)CC1. The first kappa shape index (κ1) is 24.5. The third-order valence-electron chi connectivity index (χ3n) is 8.30. The number of piperazine rings is 1. The van der Waals surface area contributed by atoms with Crippen LogP contribution in [0.1, 0.15) is 53.9 Å². The van der Waals surface area contributed by atoms with E-state index in [1.165, 1.54) is 0 Å². The number of likely N-dealkylation sites (tertiary alicyclic amines) is 1.